The molecular weight excluding hydrogens is 411 g/mol. The molecule has 2 unspecified atom stereocenters. The molecule has 142 valence electrons. The minimum absolute atomic E-state index is 0.0730. The molecule has 27 heavy (non-hydrogen) atoms. The van der Waals surface area contributed by atoms with Gasteiger partial charge in [0.25, 0.3) is 5.91 Å². The van der Waals surface area contributed by atoms with Gasteiger partial charge in [0.1, 0.15) is 5.82 Å². The number of nitrogens with zero attached hydrogens (tertiary/aromatic N) is 2. The van der Waals surface area contributed by atoms with Crippen LogP contribution in [0.5, 0.6) is 0 Å². The van der Waals surface area contributed by atoms with Gasteiger partial charge in [-0.2, -0.15) is 0 Å². The van der Waals surface area contributed by atoms with Crippen molar-refractivity contribution in [1.82, 2.24) is 20.7 Å². The molecule has 2 aromatic carbocycles. The van der Waals surface area contributed by atoms with Crippen LogP contribution in [0.15, 0.2) is 53.0 Å². The molecule has 0 saturated carbocycles. The second-order valence-corrected chi connectivity index (χ2v) is 7.81. The van der Waals surface area contributed by atoms with Crippen LogP contribution in [-0.2, 0) is 0 Å². The third-order valence-corrected chi connectivity index (χ3v) is 5.99. The van der Waals surface area contributed by atoms with Crippen LogP contribution in [0.3, 0.4) is 0 Å². The average molecular weight is 433 g/mol. The maximum absolute atomic E-state index is 13.1. The predicted octanol–water partition coefficient (Wildman–Crippen LogP) is 2.91. The van der Waals surface area contributed by atoms with Gasteiger partial charge in [-0.25, -0.2) is 15.2 Å². The van der Waals surface area contributed by atoms with Crippen LogP contribution in [0.4, 0.5) is 4.39 Å². The van der Waals surface area contributed by atoms with Gasteiger partial charge in [-0.1, -0.05) is 24.3 Å². The van der Waals surface area contributed by atoms with Crippen molar-refractivity contribution in [3.05, 3.63) is 69.9 Å². The summed E-state index contributed by atoms with van der Waals surface area (Å²) in [6.45, 7) is 3.07. The van der Waals surface area contributed by atoms with Crippen LogP contribution < -0.4 is 10.9 Å². The number of hydrazine groups is 1. The predicted molar refractivity (Wildman–Crippen MR) is 105 cm³/mol. The first kappa shape index (κ1) is 18.6. The molecule has 2 saturated heterocycles. The molecule has 0 radical (unpaired) electrons. The van der Waals surface area contributed by atoms with E-state index in [0.717, 1.165) is 29.5 Å². The summed E-state index contributed by atoms with van der Waals surface area (Å²) in [5, 5.41) is 0. The zero-order valence-electron chi connectivity index (χ0n) is 14.9. The molecule has 4 rings (SSSR count). The average Bonchev–Trinajstić information content (AvgIpc) is 3.19. The Morgan fingerprint density at radius 2 is 1.70 bits per heavy atom. The Balaban J connectivity index is 1.33. The lowest BCUT2D eigenvalue weighted by molar-refractivity contribution is 0.0544. The van der Waals surface area contributed by atoms with Crippen molar-refractivity contribution in [3.8, 4) is 0 Å². The van der Waals surface area contributed by atoms with Gasteiger partial charge in [0.15, 0.2) is 0 Å². The summed E-state index contributed by atoms with van der Waals surface area (Å²) in [5.41, 5.74) is 8.44. The Kier molecular flexibility index (Phi) is 5.54. The molecular formula is C20H22BrFN4O. The van der Waals surface area contributed by atoms with Crippen molar-refractivity contribution in [1.29, 1.82) is 0 Å². The molecule has 2 fully saturated rings. The number of carbonyl (C=O) groups excluding carboxylic acids is 1. The Labute approximate surface area is 166 Å². The van der Waals surface area contributed by atoms with Gasteiger partial charge in [0, 0.05) is 36.7 Å². The van der Waals surface area contributed by atoms with Crippen LogP contribution in [0.25, 0.3) is 0 Å². The van der Waals surface area contributed by atoms with Crippen molar-refractivity contribution in [3.63, 3.8) is 0 Å². The van der Waals surface area contributed by atoms with Gasteiger partial charge in [0.05, 0.1) is 11.7 Å². The fraction of sp³-hybridized carbons (Fsp3) is 0.350. The smallest absolute Gasteiger partial charge is 0.255 e. The minimum Gasteiger partial charge on any atom is -0.336 e. The summed E-state index contributed by atoms with van der Waals surface area (Å²) in [4.78, 5) is 17.0. The summed E-state index contributed by atoms with van der Waals surface area (Å²) >= 11 is 3.46. The van der Waals surface area contributed by atoms with Crippen LogP contribution in [0.1, 0.15) is 28.4 Å². The monoisotopic (exact) mass is 432 g/mol. The number of benzene rings is 2. The van der Waals surface area contributed by atoms with E-state index in [-0.39, 0.29) is 23.9 Å². The molecule has 1 amide bonds. The fourth-order valence-electron chi connectivity index (χ4n) is 3.73. The lowest BCUT2D eigenvalue weighted by Gasteiger charge is -2.37. The number of hydrogen-bond donors (Lipinski definition) is 2. The maximum Gasteiger partial charge on any atom is 0.255 e. The van der Waals surface area contributed by atoms with Crippen molar-refractivity contribution >= 4 is 21.8 Å². The highest BCUT2D eigenvalue weighted by molar-refractivity contribution is 9.10. The molecule has 2 aliphatic rings. The molecule has 0 spiro atoms. The summed E-state index contributed by atoms with van der Waals surface area (Å²) in [5.74, 6) is -0.143. The molecule has 5 nitrogen and oxygen atoms in total. The molecule has 2 aromatic rings. The molecule has 2 N–H and O–H groups in total. The van der Waals surface area contributed by atoms with Gasteiger partial charge >= 0.3 is 0 Å². The summed E-state index contributed by atoms with van der Waals surface area (Å²) in [7, 11) is 0. The summed E-state index contributed by atoms with van der Waals surface area (Å²) < 4.78 is 13.9. The Hall–Kier alpha value is -1.80. The van der Waals surface area contributed by atoms with E-state index in [4.69, 9.17) is 0 Å². The third kappa shape index (κ3) is 4.06. The molecule has 2 heterocycles. The lowest BCUT2D eigenvalue weighted by Crippen LogP contribution is -2.55. The summed E-state index contributed by atoms with van der Waals surface area (Å²) in [6.07, 6.45) is 1.12. The first-order chi connectivity index (χ1) is 13.1. The molecule has 0 bridgehead atoms. The molecule has 0 aromatic heterocycles. The number of nitrogens with one attached hydrogen (secondary N) is 2. The fourth-order valence-corrected chi connectivity index (χ4v) is 4.19. The minimum atomic E-state index is -0.216. The van der Waals surface area contributed by atoms with E-state index in [1.165, 1.54) is 12.1 Å². The zero-order valence-corrected chi connectivity index (χ0v) is 16.5. The number of piperazine rings is 1. The second-order valence-electron chi connectivity index (χ2n) is 6.95. The largest absolute Gasteiger partial charge is 0.336 e. The Bertz CT molecular complexity index is 808. The van der Waals surface area contributed by atoms with Gasteiger partial charge in [-0.05, 0) is 52.2 Å². The molecule has 7 heteroatoms. The standard InChI is InChI=1S/C20H22BrFN4O/c21-17-4-2-1-3-16(17)20(27)26-11-9-25(10-12-26)19-13-18(23-24-19)14-5-7-15(22)8-6-14/h1-8,18-19,23-24H,9-13H2. The quantitative estimate of drug-likeness (QED) is 0.782. The first-order valence-corrected chi connectivity index (χ1v) is 9.95. The number of carbonyl (C=O) groups is 1. The van der Waals surface area contributed by atoms with Crippen LogP contribution in [0.2, 0.25) is 0 Å². The number of hydrogen-bond acceptors (Lipinski definition) is 4. The van der Waals surface area contributed by atoms with Crippen molar-refractivity contribution < 1.29 is 9.18 Å². The maximum atomic E-state index is 13.1. The lowest BCUT2D eigenvalue weighted by atomic mass is 10.0. The van der Waals surface area contributed by atoms with E-state index in [1.807, 2.05) is 41.3 Å². The van der Waals surface area contributed by atoms with Gasteiger partial charge in [-0.15, -0.1) is 0 Å². The number of rotatable bonds is 3. The molecule has 2 aliphatic heterocycles. The normalized spacial score (nSPS) is 23.6. The van der Waals surface area contributed by atoms with E-state index < -0.39 is 0 Å². The summed E-state index contributed by atoms with van der Waals surface area (Å²) in [6, 6.07) is 14.4. The van der Waals surface area contributed by atoms with Crippen molar-refractivity contribution in [2.24, 2.45) is 0 Å². The van der Waals surface area contributed by atoms with Crippen LogP contribution >= 0.6 is 15.9 Å². The van der Waals surface area contributed by atoms with E-state index in [1.54, 1.807) is 0 Å². The van der Waals surface area contributed by atoms with Crippen LogP contribution in [-0.4, -0.2) is 48.1 Å². The van der Waals surface area contributed by atoms with E-state index in [2.05, 4.69) is 31.7 Å². The highest BCUT2D eigenvalue weighted by Gasteiger charge is 2.32. The molecule has 2 atom stereocenters. The van der Waals surface area contributed by atoms with Crippen LogP contribution in [0, 0.1) is 5.82 Å². The topological polar surface area (TPSA) is 47.6 Å². The first-order valence-electron chi connectivity index (χ1n) is 9.16. The highest BCUT2D eigenvalue weighted by Crippen LogP contribution is 2.25. The molecule has 0 aliphatic carbocycles. The van der Waals surface area contributed by atoms with Crippen molar-refractivity contribution in [2.75, 3.05) is 26.2 Å². The Morgan fingerprint density at radius 3 is 2.41 bits per heavy atom. The zero-order chi connectivity index (χ0) is 18.8. The SMILES string of the molecule is O=C(c1ccccc1Br)N1CCN(C2CC(c3ccc(F)cc3)NN2)CC1. The van der Waals surface area contributed by atoms with E-state index >= 15 is 0 Å². The number of amides is 1. The van der Waals surface area contributed by atoms with Gasteiger partial charge in [-0.3, -0.25) is 9.69 Å². The number of halogens is 2. The highest BCUT2D eigenvalue weighted by atomic mass is 79.9. The Morgan fingerprint density at radius 1 is 1.00 bits per heavy atom. The van der Waals surface area contributed by atoms with Gasteiger partial charge < -0.3 is 4.90 Å². The second kappa shape index (κ2) is 8.06. The van der Waals surface area contributed by atoms with Crippen molar-refractivity contribution in [2.45, 2.75) is 18.6 Å². The van der Waals surface area contributed by atoms with E-state index in [9.17, 15) is 9.18 Å². The third-order valence-electron chi connectivity index (χ3n) is 5.30. The van der Waals surface area contributed by atoms with E-state index in [0.29, 0.717) is 18.7 Å². The van der Waals surface area contributed by atoms with Gasteiger partial charge in [0.2, 0.25) is 0 Å².